The lowest BCUT2D eigenvalue weighted by molar-refractivity contribution is 0.267. The molecule has 1 N–H and O–H groups in total. The molecule has 3 nitrogen and oxygen atoms in total. The van der Waals surface area contributed by atoms with E-state index in [-0.39, 0.29) is 0 Å². The monoisotopic (exact) mass is 395 g/mol. The SMILES string of the molecule is CCN(CC)CCN(Cc1cccs1)C(=S)Nc1ccc(C)c(Cl)c1. The van der Waals surface area contributed by atoms with Gasteiger partial charge in [-0.05, 0) is 61.4 Å². The summed E-state index contributed by atoms with van der Waals surface area (Å²) >= 11 is 13.7. The molecule has 0 bridgehead atoms. The number of benzene rings is 1. The zero-order valence-electron chi connectivity index (χ0n) is 15.1. The molecule has 25 heavy (non-hydrogen) atoms. The molecular weight excluding hydrogens is 370 g/mol. The summed E-state index contributed by atoms with van der Waals surface area (Å²) in [6.07, 6.45) is 0. The Morgan fingerprint density at radius 1 is 1.20 bits per heavy atom. The Morgan fingerprint density at radius 3 is 2.56 bits per heavy atom. The largest absolute Gasteiger partial charge is 0.343 e. The number of hydrogen-bond donors (Lipinski definition) is 1. The molecule has 0 radical (unpaired) electrons. The summed E-state index contributed by atoms with van der Waals surface area (Å²) in [5, 5.41) is 6.93. The summed E-state index contributed by atoms with van der Waals surface area (Å²) in [7, 11) is 0. The van der Waals surface area contributed by atoms with Gasteiger partial charge >= 0.3 is 0 Å². The number of halogens is 1. The molecule has 0 saturated heterocycles. The van der Waals surface area contributed by atoms with Crippen LogP contribution in [0.5, 0.6) is 0 Å². The van der Waals surface area contributed by atoms with E-state index in [1.807, 2.05) is 25.1 Å². The van der Waals surface area contributed by atoms with Crippen molar-refractivity contribution in [3.05, 3.63) is 51.2 Å². The minimum Gasteiger partial charge on any atom is -0.343 e. The molecule has 1 heterocycles. The van der Waals surface area contributed by atoms with Gasteiger partial charge in [-0.25, -0.2) is 0 Å². The average molecular weight is 396 g/mol. The molecule has 1 aromatic carbocycles. The number of thiophene rings is 1. The lowest BCUT2D eigenvalue weighted by Crippen LogP contribution is -2.40. The van der Waals surface area contributed by atoms with E-state index in [0.29, 0.717) is 0 Å². The lowest BCUT2D eigenvalue weighted by atomic mass is 10.2. The van der Waals surface area contributed by atoms with Gasteiger partial charge in [0.2, 0.25) is 0 Å². The van der Waals surface area contributed by atoms with E-state index in [0.717, 1.165) is 54.1 Å². The summed E-state index contributed by atoms with van der Waals surface area (Å²) in [6, 6.07) is 10.2. The van der Waals surface area contributed by atoms with Crippen LogP contribution >= 0.6 is 35.2 Å². The normalized spacial score (nSPS) is 10.9. The van der Waals surface area contributed by atoms with Crippen molar-refractivity contribution in [3.8, 4) is 0 Å². The summed E-state index contributed by atoms with van der Waals surface area (Å²) in [5.41, 5.74) is 2.00. The van der Waals surface area contributed by atoms with Gasteiger partial charge in [0, 0.05) is 28.7 Å². The molecule has 2 rings (SSSR count). The summed E-state index contributed by atoms with van der Waals surface area (Å²) in [5.74, 6) is 0. The molecule has 0 aliphatic carbocycles. The number of thiocarbonyl (C=S) groups is 1. The Morgan fingerprint density at radius 2 is 1.96 bits per heavy atom. The standard InChI is InChI=1S/C19H26ClN3S2/c1-4-22(5-2)10-11-23(14-17-7-6-12-25-17)19(24)21-16-9-8-15(3)18(20)13-16/h6-9,12-13H,4-5,10-11,14H2,1-3H3,(H,21,24). The zero-order chi connectivity index (χ0) is 18.2. The molecule has 0 atom stereocenters. The van der Waals surface area contributed by atoms with Crippen LogP contribution in [0.3, 0.4) is 0 Å². The Hall–Kier alpha value is -1.14. The van der Waals surface area contributed by atoms with Crippen molar-refractivity contribution in [2.75, 3.05) is 31.5 Å². The van der Waals surface area contributed by atoms with E-state index in [1.165, 1.54) is 4.88 Å². The van der Waals surface area contributed by atoms with Crippen LogP contribution in [0.2, 0.25) is 5.02 Å². The van der Waals surface area contributed by atoms with Crippen LogP contribution in [0.1, 0.15) is 24.3 Å². The van der Waals surface area contributed by atoms with E-state index in [4.69, 9.17) is 23.8 Å². The minimum absolute atomic E-state index is 0.737. The number of rotatable bonds is 8. The molecule has 0 amide bonds. The van der Waals surface area contributed by atoms with E-state index in [2.05, 4.69) is 46.5 Å². The van der Waals surface area contributed by atoms with Crippen molar-refractivity contribution in [1.82, 2.24) is 9.80 Å². The highest BCUT2D eigenvalue weighted by atomic mass is 35.5. The van der Waals surface area contributed by atoms with Crippen LogP contribution in [-0.4, -0.2) is 41.1 Å². The van der Waals surface area contributed by atoms with Gasteiger partial charge in [-0.15, -0.1) is 11.3 Å². The number of anilines is 1. The summed E-state index contributed by atoms with van der Waals surface area (Å²) in [6.45, 7) is 11.2. The third kappa shape index (κ3) is 6.26. The van der Waals surface area contributed by atoms with Crippen molar-refractivity contribution < 1.29 is 0 Å². The highest BCUT2D eigenvalue weighted by Gasteiger charge is 2.13. The van der Waals surface area contributed by atoms with Gasteiger partial charge in [0.1, 0.15) is 0 Å². The van der Waals surface area contributed by atoms with E-state index < -0.39 is 0 Å². The van der Waals surface area contributed by atoms with Gasteiger partial charge in [-0.1, -0.05) is 37.6 Å². The van der Waals surface area contributed by atoms with Gasteiger partial charge in [-0.2, -0.15) is 0 Å². The predicted molar refractivity (Wildman–Crippen MR) is 115 cm³/mol. The molecule has 1 aromatic heterocycles. The minimum atomic E-state index is 0.737. The highest BCUT2D eigenvalue weighted by molar-refractivity contribution is 7.80. The van der Waals surface area contributed by atoms with Crippen LogP contribution in [0.4, 0.5) is 5.69 Å². The number of nitrogens with zero attached hydrogens (tertiary/aromatic N) is 2. The Labute approximate surface area is 165 Å². The molecule has 0 spiro atoms. The van der Waals surface area contributed by atoms with Gasteiger partial charge in [-0.3, -0.25) is 0 Å². The van der Waals surface area contributed by atoms with Gasteiger partial charge in [0.05, 0.1) is 6.54 Å². The van der Waals surface area contributed by atoms with Crippen LogP contribution < -0.4 is 5.32 Å². The maximum atomic E-state index is 6.23. The second-order valence-electron chi connectivity index (χ2n) is 5.92. The first-order chi connectivity index (χ1) is 12.0. The van der Waals surface area contributed by atoms with Gasteiger partial charge < -0.3 is 15.1 Å². The first-order valence-electron chi connectivity index (χ1n) is 8.60. The van der Waals surface area contributed by atoms with Crippen molar-refractivity contribution in [3.63, 3.8) is 0 Å². The van der Waals surface area contributed by atoms with Crippen molar-refractivity contribution in [2.24, 2.45) is 0 Å². The molecule has 0 saturated carbocycles. The number of hydrogen-bond acceptors (Lipinski definition) is 3. The van der Waals surface area contributed by atoms with E-state index in [9.17, 15) is 0 Å². The quantitative estimate of drug-likeness (QED) is 0.615. The smallest absolute Gasteiger partial charge is 0.173 e. The molecule has 0 unspecified atom stereocenters. The van der Waals surface area contributed by atoms with E-state index >= 15 is 0 Å². The van der Waals surface area contributed by atoms with Crippen LogP contribution in [0, 0.1) is 6.92 Å². The summed E-state index contributed by atoms with van der Waals surface area (Å²) < 4.78 is 0. The van der Waals surface area contributed by atoms with Gasteiger partial charge in [0.15, 0.2) is 5.11 Å². The first-order valence-corrected chi connectivity index (χ1v) is 10.3. The molecule has 136 valence electrons. The van der Waals surface area contributed by atoms with Crippen molar-refractivity contribution in [1.29, 1.82) is 0 Å². The molecular formula is C19H26ClN3S2. The van der Waals surface area contributed by atoms with Gasteiger partial charge in [0.25, 0.3) is 0 Å². The predicted octanol–water partition coefficient (Wildman–Crippen LogP) is 5.25. The van der Waals surface area contributed by atoms with Crippen LogP contribution in [0.15, 0.2) is 35.7 Å². The topological polar surface area (TPSA) is 18.5 Å². The highest BCUT2D eigenvalue weighted by Crippen LogP contribution is 2.21. The fourth-order valence-corrected chi connectivity index (χ4v) is 3.69. The van der Waals surface area contributed by atoms with Crippen molar-refractivity contribution >= 4 is 46.0 Å². The fraction of sp³-hybridized carbons (Fsp3) is 0.421. The Kier molecular flexibility index (Phi) is 8.16. The second-order valence-corrected chi connectivity index (χ2v) is 7.75. The average Bonchev–Trinajstić information content (AvgIpc) is 3.11. The third-order valence-corrected chi connectivity index (χ3v) is 5.85. The second kappa shape index (κ2) is 10.1. The summed E-state index contributed by atoms with van der Waals surface area (Å²) in [4.78, 5) is 5.95. The lowest BCUT2D eigenvalue weighted by Gasteiger charge is -2.28. The third-order valence-electron chi connectivity index (χ3n) is 4.22. The first kappa shape index (κ1) is 20.2. The molecule has 0 aliphatic heterocycles. The fourth-order valence-electron chi connectivity index (χ4n) is 2.52. The number of aryl methyl sites for hydroxylation is 1. The number of nitrogens with one attached hydrogen (secondary N) is 1. The maximum Gasteiger partial charge on any atom is 0.173 e. The Bertz CT molecular complexity index is 669. The molecule has 2 aromatic rings. The molecule has 0 aliphatic rings. The maximum absolute atomic E-state index is 6.23. The van der Waals surface area contributed by atoms with E-state index in [1.54, 1.807) is 11.3 Å². The zero-order valence-corrected chi connectivity index (χ0v) is 17.5. The molecule has 0 fully saturated rings. The van der Waals surface area contributed by atoms with Crippen LogP contribution in [-0.2, 0) is 6.54 Å². The Balaban J connectivity index is 2.06. The number of likely N-dealkylation sites (N-methyl/N-ethyl adjacent to an activating group) is 1. The van der Waals surface area contributed by atoms with Crippen molar-refractivity contribution in [2.45, 2.75) is 27.3 Å². The molecule has 6 heteroatoms. The van der Waals surface area contributed by atoms with Crippen LogP contribution in [0.25, 0.3) is 0 Å².